The highest BCUT2D eigenvalue weighted by molar-refractivity contribution is 5.65. The average molecular weight is 311 g/mol. The van der Waals surface area contributed by atoms with Crippen LogP contribution >= 0.6 is 0 Å². The molecule has 1 aliphatic rings. The Morgan fingerprint density at radius 3 is 2.65 bits per heavy atom. The van der Waals surface area contributed by atoms with Gasteiger partial charge in [-0.1, -0.05) is 24.3 Å². The van der Waals surface area contributed by atoms with E-state index >= 15 is 0 Å². The minimum absolute atomic E-state index is 0.293. The standard InChI is InChI=1S/C18H18FN3O/c19-13-23-12-14-2-4-15(5-3-14)17-11-22-9-6-16(10-18(22)20-17)21-7-1-8-21/h2-6,9-11H,1,7-8,12-13H2. The lowest BCUT2D eigenvalue weighted by atomic mass is 10.1. The molecule has 3 aromatic rings. The molecule has 3 heterocycles. The Morgan fingerprint density at radius 1 is 1.13 bits per heavy atom. The molecule has 4 nitrogen and oxygen atoms in total. The van der Waals surface area contributed by atoms with Gasteiger partial charge in [0.1, 0.15) is 5.65 Å². The predicted octanol–water partition coefficient (Wildman–Crippen LogP) is 3.66. The normalized spacial score (nSPS) is 14.2. The SMILES string of the molecule is FCOCc1ccc(-c2cn3ccc(N4CCC4)cc3n2)cc1. The number of hydrogen-bond donors (Lipinski definition) is 0. The smallest absolute Gasteiger partial charge is 0.188 e. The van der Waals surface area contributed by atoms with Gasteiger partial charge in [-0.15, -0.1) is 0 Å². The van der Waals surface area contributed by atoms with Crippen molar-refractivity contribution in [1.82, 2.24) is 9.38 Å². The number of ether oxygens (including phenoxy) is 1. The van der Waals surface area contributed by atoms with Crippen molar-refractivity contribution in [3.8, 4) is 11.3 Å². The maximum Gasteiger partial charge on any atom is 0.188 e. The van der Waals surface area contributed by atoms with Crippen LogP contribution in [0.5, 0.6) is 0 Å². The highest BCUT2D eigenvalue weighted by Gasteiger charge is 2.15. The molecule has 1 aromatic carbocycles. The molecule has 1 saturated heterocycles. The van der Waals surface area contributed by atoms with Crippen molar-refractivity contribution < 1.29 is 9.13 Å². The third kappa shape index (κ3) is 2.80. The summed E-state index contributed by atoms with van der Waals surface area (Å²) in [6.45, 7) is 1.80. The first-order valence-corrected chi connectivity index (χ1v) is 7.80. The van der Waals surface area contributed by atoms with Gasteiger partial charge in [0.2, 0.25) is 0 Å². The summed E-state index contributed by atoms with van der Waals surface area (Å²) in [6.07, 6.45) is 5.36. The lowest BCUT2D eigenvalue weighted by Crippen LogP contribution is -2.36. The van der Waals surface area contributed by atoms with E-state index in [-0.39, 0.29) is 0 Å². The van der Waals surface area contributed by atoms with Gasteiger partial charge in [0.25, 0.3) is 0 Å². The summed E-state index contributed by atoms with van der Waals surface area (Å²) < 4.78 is 18.8. The lowest BCUT2D eigenvalue weighted by molar-refractivity contribution is 0.0462. The predicted molar refractivity (Wildman–Crippen MR) is 88.2 cm³/mol. The van der Waals surface area contributed by atoms with Gasteiger partial charge >= 0.3 is 0 Å². The third-order valence-corrected chi connectivity index (χ3v) is 4.26. The van der Waals surface area contributed by atoms with Crippen LogP contribution in [0.1, 0.15) is 12.0 Å². The molecule has 0 aliphatic carbocycles. The molecule has 23 heavy (non-hydrogen) atoms. The average Bonchev–Trinajstić information content (AvgIpc) is 2.95. The molecule has 0 radical (unpaired) electrons. The van der Waals surface area contributed by atoms with Crippen molar-refractivity contribution >= 4 is 11.3 Å². The monoisotopic (exact) mass is 311 g/mol. The van der Waals surface area contributed by atoms with Gasteiger partial charge in [-0.2, -0.15) is 0 Å². The zero-order chi connectivity index (χ0) is 15.6. The van der Waals surface area contributed by atoms with Crippen LogP contribution in [0.15, 0.2) is 48.8 Å². The number of rotatable bonds is 5. The van der Waals surface area contributed by atoms with Crippen LogP contribution < -0.4 is 4.90 Å². The first-order valence-electron chi connectivity index (χ1n) is 7.80. The molecule has 1 aliphatic heterocycles. The van der Waals surface area contributed by atoms with E-state index in [0.29, 0.717) is 6.61 Å². The number of hydrogen-bond acceptors (Lipinski definition) is 3. The molecule has 118 valence electrons. The Labute approximate surface area is 134 Å². The van der Waals surface area contributed by atoms with Gasteiger partial charge in [0.05, 0.1) is 12.3 Å². The van der Waals surface area contributed by atoms with Crippen LogP contribution in [0, 0.1) is 0 Å². The van der Waals surface area contributed by atoms with E-state index in [1.807, 2.05) is 34.9 Å². The Balaban J connectivity index is 1.60. The minimum Gasteiger partial charge on any atom is -0.371 e. The molecule has 1 fully saturated rings. The molecule has 0 atom stereocenters. The van der Waals surface area contributed by atoms with Crippen LogP contribution in [0.4, 0.5) is 10.1 Å². The highest BCUT2D eigenvalue weighted by Crippen LogP contribution is 2.25. The molecule has 4 rings (SSSR count). The molecular formula is C18H18FN3O. The number of fused-ring (bicyclic) bond motifs is 1. The number of nitrogens with zero attached hydrogens (tertiary/aromatic N) is 3. The largest absolute Gasteiger partial charge is 0.371 e. The molecule has 0 amide bonds. The zero-order valence-electron chi connectivity index (χ0n) is 12.8. The van der Waals surface area contributed by atoms with Crippen molar-refractivity contribution in [1.29, 1.82) is 0 Å². The fourth-order valence-corrected chi connectivity index (χ4v) is 2.81. The van der Waals surface area contributed by atoms with E-state index in [4.69, 9.17) is 9.72 Å². The van der Waals surface area contributed by atoms with Gasteiger partial charge in [-0.25, -0.2) is 9.37 Å². The molecule has 5 heteroatoms. The fourth-order valence-electron chi connectivity index (χ4n) is 2.81. The number of aromatic nitrogens is 2. The van der Waals surface area contributed by atoms with Crippen molar-refractivity contribution in [2.24, 2.45) is 0 Å². The van der Waals surface area contributed by atoms with E-state index in [2.05, 4.69) is 23.2 Å². The minimum atomic E-state index is -0.756. The summed E-state index contributed by atoms with van der Waals surface area (Å²) in [5.74, 6) is 0. The van der Waals surface area contributed by atoms with Crippen molar-refractivity contribution in [3.05, 3.63) is 54.4 Å². The van der Waals surface area contributed by atoms with E-state index < -0.39 is 6.86 Å². The summed E-state index contributed by atoms with van der Waals surface area (Å²) in [6, 6.07) is 12.1. The molecule has 2 aromatic heterocycles. The number of halogens is 1. The van der Waals surface area contributed by atoms with Crippen molar-refractivity contribution in [2.45, 2.75) is 13.0 Å². The highest BCUT2D eigenvalue weighted by atomic mass is 19.1. The van der Waals surface area contributed by atoms with Crippen LogP contribution in [0.25, 0.3) is 16.9 Å². The number of benzene rings is 1. The Hall–Kier alpha value is -2.40. The molecule has 0 bridgehead atoms. The van der Waals surface area contributed by atoms with E-state index in [9.17, 15) is 4.39 Å². The second kappa shape index (κ2) is 6.01. The Kier molecular flexibility index (Phi) is 3.71. The van der Waals surface area contributed by atoms with E-state index in [0.717, 1.165) is 35.6 Å². The van der Waals surface area contributed by atoms with E-state index in [1.54, 1.807) is 0 Å². The number of anilines is 1. The van der Waals surface area contributed by atoms with Crippen LogP contribution in [0.3, 0.4) is 0 Å². The van der Waals surface area contributed by atoms with Gasteiger partial charge < -0.3 is 14.0 Å². The molecular weight excluding hydrogens is 293 g/mol. The maximum absolute atomic E-state index is 12.0. The zero-order valence-corrected chi connectivity index (χ0v) is 12.8. The van der Waals surface area contributed by atoms with Crippen LogP contribution in [-0.4, -0.2) is 29.3 Å². The van der Waals surface area contributed by atoms with Gasteiger partial charge in [0.15, 0.2) is 6.86 Å². The fraction of sp³-hybridized carbons (Fsp3) is 0.278. The second-order valence-corrected chi connectivity index (χ2v) is 5.77. The quantitative estimate of drug-likeness (QED) is 0.720. The number of alkyl halides is 1. The first kappa shape index (κ1) is 14.2. The van der Waals surface area contributed by atoms with Gasteiger partial charge in [0, 0.05) is 42.8 Å². The van der Waals surface area contributed by atoms with Gasteiger partial charge in [-0.05, 0) is 18.1 Å². The first-order chi connectivity index (χ1) is 11.3. The molecule has 0 spiro atoms. The van der Waals surface area contributed by atoms with Crippen LogP contribution in [-0.2, 0) is 11.3 Å². The van der Waals surface area contributed by atoms with Gasteiger partial charge in [-0.3, -0.25) is 0 Å². The molecule has 0 unspecified atom stereocenters. The summed E-state index contributed by atoms with van der Waals surface area (Å²) >= 11 is 0. The Bertz CT molecular complexity index is 809. The molecule has 0 N–H and O–H groups in total. The number of pyridine rings is 1. The summed E-state index contributed by atoms with van der Waals surface area (Å²) in [4.78, 5) is 7.08. The summed E-state index contributed by atoms with van der Waals surface area (Å²) in [7, 11) is 0. The second-order valence-electron chi connectivity index (χ2n) is 5.77. The topological polar surface area (TPSA) is 29.8 Å². The van der Waals surface area contributed by atoms with E-state index in [1.165, 1.54) is 12.1 Å². The number of imidazole rings is 1. The lowest BCUT2D eigenvalue weighted by Gasteiger charge is -2.33. The molecule has 0 saturated carbocycles. The summed E-state index contributed by atoms with van der Waals surface area (Å²) in [5.41, 5.74) is 5.12. The van der Waals surface area contributed by atoms with Crippen LogP contribution in [0.2, 0.25) is 0 Å². The third-order valence-electron chi connectivity index (χ3n) is 4.26. The summed E-state index contributed by atoms with van der Waals surface area (Å²) in [5, 5.41) is 0. The van der Waals surface area contributed by atoms with Crippen molar-refractivity contribution in [2.75, 3.05) is 24.9 Å². The maximum atomic E-state index is 12.0. The Morgan fingerprint density at radius 2 is 1.96 bits per heavy atom. The van der Waals surface area contributed by atoms with Crippen molar-refractivity contribution in [3.63, 3.8) is 0 Å².